The van der Waals surface area contributed by atoms with Crippen LogP contribution in [-0.2, 0) is 11.3 Å². The third-order valence-electron chi connectivity index (χ3n) is 2.84. The maximum atomic E-state index is 11.9. The second-order valence-corrected chi connectivity index (χ2v) is 4.23. The van der Waals surface area contributed by atoms with Crippen LogP contribution in [0.3, 0.4) is 0 Å². The fourth-order valence-electron chi connectivity index (χ4n) is 1.89. The minimum Gasteiger partial charge on any atom is -0.480 e. The Balaban J connectivity index is 2.30. The lowest BCUT2D eigenvalue weighted by molar-refractivity contribution is -0.138. The third kappa shape index (κ3) is 3.17. The number of benzene rings is 1. The van der Waals surface area contributed by atoms with Gasteiger partial charge in [-0.15, -0.1) is 0 Å². The molecule has 2 aromatic rings. The van der Waals surface area contributed by atoms with Gasteiger partial charge in [-0.05, 0) is 18.7 Å². The molecule has 2 rings (SSSR count). The first kappa shape index (κ1) is 13.2. The van der Waals surface area contributed by atoms with Crippen LogP contribution in [0.25, 0.3) is 10.9 Å². The fourth-order valence-corrected chi connectivity index (χ4v) is 1.89. The summed E-state index contributed by atoms with van der Waals surface area (Å²) in [6.07, 6.45) is 0. The molecule has 0 aliphatic rings. The highest BCUT2D eigenvalue weighted by Gasteiger charge is 2.10. The molecule has 0 saturated carbocycles. The van der Waals surface area contributed by atoms with Crippen molar-refractivity contribution in [2.24, 2.45) is 0 Å². The van der Waals surface area contributed by atoms with Gasteiger partial charge in [-0.1, -0.05) is 19.1 Å². The van der Waals surface area contributed by atoms with Crippen molar-refractivity contribution in [2.45, 2.75) is 13.5 Å². The summed E-state index contributed by atoms with van der Waals surface area (Å²) < 4.78 is 0. The number of rotatable bonds is 5. The number of carbonyl (C=O) groups is 1. The van der Waals surface area contributed by atoms with Gasteiger partial charge in [-0.25, -0.2) is 4.98 Å². The van der Waals surface area contributed by atoms with Crippen LogP contribution in [0.15, 0.2) is 29.1 Å². The van der Waals surface area contributed by atoms with E-state index < -0.39 is 5.97 Å². The van der Waals surface area contributed by atoms with Gasteiger partial charge < -0.3 is 10.1 Å². The molecular formula is C13H15N3O3. The minimum atomic E-state index is -0.898. The standard InChI is InChI=1S/C13H15N3O3/c1-2-16(8-12(17)18)7-11-14-10-6-4-3-5-9(10)13(19)15-11/h3-6H,2,7-8H2,1H3,(H,17,18)(H,14,15,19). The first-order chi connectivity index (χ1) is 9.10. The van der Waals surface area contributed by atoms with Crippen LogP contribution in [-0.4, -0.2) is 39.0 Å². The smallest absolute Gasteiger partial charge is 0.317 e. The van der Waals surface area contributed by atoms with Gasteiger partial charge in [0.15, 0.2) is 0 Å². The molecule has 0 aliphatic heterocycles. The van der Waals surface area contributed by atoms with E-state index in [-0.39, 0.29) is 12.1 Å². The number of aliphatic carboxylic acids is 1. The average Bonchev–Trinajstić information content (AvgIpc) is 2.37. The zero-order valence-corrected chi connectivity index (χ0v) is 10.6. The van der Waals surface area contributed by atoms with Crippen LogP contribution in [0, 0.1) is 0 Å². The lowest BCUT2D eigenvalue weighted by Crippen LogP contribution is -2.30. The molecule has 6 nitrogen and oxygen atoms in total. The van der Waals surface area contributed by atoms with Gasteiger partial charge in [0.1, 0.15) is 5.82 Å². The van der Waals surface area contributed by atoms with E-state index in [1.807, 2.05) is 13.0 Å². The predicted octanol–water partition coefficient (Wildman–Crippen LogP) is 0.830. The Morgan fingerprint density at radius 2 is 2.16 bits per heavy atom. The first-order valence-electron chi connectivity index (χ1n) is 6.02. The Bertz CT molecular complexity index is 651. The first-order valence-corrected chi connectivity index (χ1v) is 6.02. The van der Waals surface area contributed by atoms with E-state index in [4.69, 9.17) is 5.11 Å². The number of likely N-dealkylation sites (N-methyl/N-ethyl adjacent to an activating group) is 1. The molecule has 0 unspecified atom stereocenters. The highest BCUT2D eigenvalue weighted by Crippen LogP contribution is 2.06. The van der Waals surface area contributed by atoms with Crippen LogP contribution in [0.4, 0.5) is 0 Å². The van der Waals surface area contributed by atoms with Gasteiger partial charge >= 0.3 is 5.97 Å². The van der Waals surface area contributed by atoms with Crippen molar-refractivity contribution in [3.05, 3.63) is 40.4 Å². The van der Waals surface area contributed by atoms with Crippen LogP contribution in [0.1, 0.15) is 12.7 Å². The molecular weight excluding hydrogens is 246 g/mol. The Labute approximate surface area is 109 Å². The number of nitrogens with one attached hydrogen (secondary N) is 1. The van der Waals surface area contributed by atoms with Crippen LogP contribution in [0.2, 0.25) is 0 Å². The number of carboxylic acids is 1. The summed E-state index contributed by atoms with van der Waals surface area (Å²) >= 11 is 0. The van der Waals surface area contributed by atoms with Gasteiger partial charge in [0.05, 0.1) is 24.0 Å². The molecule has 0 bridgehead atoms. The molecule has 1 aromatic carbocycles. The molecule has 0 fully saturated rings. The van der Waals surface area contributed by atoms with Crippen LogP contribution >= 0.6 is 0 Å². The molecule has 1 aromatic heterocycles. The summed E-state index contributed by atoms with van der Waals surface area (Å²) in [4.78, 5) is 31.3. The summed E-state index contributed by atoms with van der Waals surface area (Å²) in [6.45, 7) is 2.67. The summed E-state index contributed by atoms with van der Waals surface area (Å²) in [5.41, 5.74) is 0.416. The molecule has 0 amide bonds. The van der Waals surface area contributed by atoms with Crippen LogP contribution in [0.5, 0.6) is 0 Å². The highest BCUT2D eigenvalue weighted by molar-refractivity contribution is 5.77. The normalized spacial score (nSPS) is 11.1. The van der Waals surface area contributed by atoms with Crippen molar-refractivity contribution in [2.75, 3.05) is 13.1 Å². The van der Waals surface area contributed by atoms with Crippen molar-refractivity contribution in [3.8, 4) is 0 Å². The lowest BCUT2D eigenvalue weighted by atomic mass is 10.2. The predicted molar refractivity (Wildman–Crippen MR) is 71.0 cm³/mol. The van der Waals surface area contributed by atoms with Gasteiger partial charge in [-0.2, -0.15) is 0 Å². The molecule has 0 spiro atoms. The minimum absolute atomic E-state index is 0.0764. The van der Waals surface area contributed by atoms with Crippen LogP contribution < -0.4 is 5.56 Å². The zero-order valence-electron chi connectivity index (χ0n) is 10.6. The Hall–Kier alpha value is -2.21. The van der Waals surface area contributed by atoms with Gasteiger partial charge in [0.2, 0.25) is 0 Å². The summed E-state index contributed by atoms with van der Waals surface area (Å²) in [5.74, 6) is -0.420. The number of fused-ring (bicyclic) bond motifs is 1. The molecule has 0 saturated heterocycles. The molecule has 19 heavy (non-hydrogen) atoms. The number of hydrogen-bond donors (Lipinski definition) is 2. The fraction of sp³-hybridized carbons (Fsp3) is 0.308. The van der Waals surface area contributed by atoms with Gasteiger partial charge in [0.25, 0.3) is 5.56 Å². The van der Waals surface area contributed by atoms with E-state index in [1.54, 1.807) is 23.1 Å². The van der Waals surface area contributed by atoms with Gasteiger partial charge in [-0.3, -0.25) is 14.5 Å². The van der Waals surface area contributed by atoms with Crippen molar-refractivity contribution >= 4 is 16.9 Å². The van der Waals surface area contributed by atoms with E-state index in [1.165, 1.54) is 0 Å². The maximum absolute atomic E-state index is 11.9. The second-order valence-electron chi connectivity index (χ2n) is 4.23. The SMILES string of the molecule is CCN(CC(=O)O)Cc1nc2ccccc2c(=O)[nH]1. The largest absolute Gasteiger partial charge is 0.480 e. The van der Waals surface area contributed by atoms with E-state index in [2.05, 4.69) is 9.97 Å². The zero-order chi connectivity index (χ0) is 13.8. The maximum Gasteiger partial charge on any atom is 0.317 e. The molecule has 2 N–H and O–H groups in total. The number of aromatic amines is 1. The lowest BCUT2D eigenvalue weighted by Gasteiger charge is -2.17. The summed E-state index contributed by atoms with van der Waals surface area (Å²) in [7, 11) is 0. The van der Waals surface area contributed by atoms with Crippen molar-refractivity contribution in [1.82, 2.24) is 14.9 Å². The van der Waals surface area contributed by atoms with Gasteiger partial charge in [0, 0.05) is 0 Å². The van der Waals surface area contributed by atoms with E-state index in [0.717, 1.165) is 0 Å². The van der Waals surface area contributed by atoms with E-state index in [9.17, 15) is 9.59 Å². The molecule has 0 radical (unpaired) electrons. The summed E-state index contributed by atoms with van der Waals surface area (Å²) in [6, 6.07) is 7.07. The molecule has 6 heteroatoms. The number of aromatic nitrogens is 2. The number of hydrogen-bond acceptors (Lipinski definition) is 4. The number of para-hydroxylation sites is 1. The molecule has 0 atom stereocenters. The Morgan fingerprint density at radius 1 is 1.42 bits per heavy atom. The molecule has 0 aliphatic carbocycles. The highest BCUT2D eigenvalue weighted by atomic mass is 16.4. The number of carboxylic acid groups (broad SMARTS) is 1. The van der Waals surface area contributed by atoms with Crippen molar-refractivity contribution in [1.29, 1.82) is 0 Å². The van der Waals surface area contributed by atoms with Crippen molar-refractivity contribution in [3.63, 3.8) is 0 Å². The quantitative estimate of drug-likeness (QED) is 0.832. The monoisotopic (exact) mass is 261 g/mol. The summed E-state index contributed by atoms with van der Waals surface area (Å²) in [5, 5.41) is 9.32. The van der Waals surface area contributed by atoms with Crippen molar-refractivity contribution < 1.29 is 9.90 Å². The number of nitrogens with zero attached hydrogens (tertiary/aromatic N) is 2. The third-order valence-corrected chi connectivity index (χ3v) is 2.84. The Morgan fingerprint density at radius 3 is 2.84 bits per heavy atom. The second kappa shape index (κ2) is 5.62. The Kier molecular flexibility index (Phi) is 3.91. The molecule has 100 valence electrons. The van der Waals surface area contributed by atoms with E-state index >= 15 is 0 Å². The number of H-pyrrole nitrogens is 1. The average molecular weight is 261 g/mol. The topological polar surface area (TPSA) is 86.3 Å². The van der Waals surface area contributed by atoms with E-state index in [0.29, 0.717) is 29.8 Å². The molecule has 1 heterocycles.